The van der Waals surface area contributed by atoms with E-state index < -0.39 is 5.97 Å². The highest BCUT2D eigenvalue weighted by molar-refractivity contribution is 7.18. The van der Waals surface area contributed by atoms with Crippen LogP contribution >= 0.6 is 11.3 Å². The van der Waals surface area contributed by atoms with E-state index in [2.05, 4.69) is 9.88 Å². The number of anilines is 1. The topological polar surface area (TPSA) is 102 Å². The molecular formula is C18H24N4O3S. The lowest BCUT2D eigenvalue weighted by Crippen LogP contribution is -2.36. The first-order valence-electron chi connectivity index (χ1n) is 7.98. The van der Waals surface area contributed by atoms with Crippen LogP contribution in [0.2, 0.25) is 0 Å². The van der Waals surface area contributed by atoms with Crippen LogP contribution in [0.25, 0.3) is 10.4 Å². The Morgan fingerprint density at radius 1 is 1.38 bits per heavy atom. The number of nitrogens with zero attached hydrogens (tertiary/aromatic N) is 2. The first-order chi connectivity index (χ1) is 12.1. The Hall–Kier alpha value is -2.45. The molecule has 1 fully saturated rings. The van der Waals surface area contributed by atoms with Crippen LogP contribution in [-0.4, -0.2) is 43.1 Å². The Kier molecular flexibility index (Phi) is 7.11. The number of amidine groups is 1. The predicted molar refractivity (Wildman–Crippen MR) is 104 cm³/mol. The van der Waals surface area contributed by atoms with Gasteiger partial charge in [0.15, 0.2) is 5.13 Å². The minimum Gasteiger partial charge on any atom is -0.460 e. The Morgan fingerprint density at radius 2 is 2.15 bits per heavy atom. The summed E-state index contributed by atoms with van der Waals surface area (Å²) < 4.78 is 10.5. The normalized spacial score (nSPS) is 13.8. The average Bonchev–Trinajstić information content (AvgIpc) is 3.11. The Balaban J connectivity index is 0.00000243. The highest BCUT2D eigenvalue weighted by atomic mass is 32.1. The van der Waals surface area contributed by atoms with E-state index in [1.807, 2.05) is 30.5 Å². The third-order valence-electron chi connectivity index (χ3n) is 3.72. The van der Waals surface area contributed by atoms with Crippen molar-refractivity contribution in [3.05, 3.63) is 36.0 Å². The van der Waals surface area contributed by atoms with Crippen LogP contribution in [0.1, 0.15) is 19.4 Å². The third-order valence-corrected chi connectivity index (χ3v) is 4.83. The first kappa shape index (κ1) is 19.9. The maximum absolute atomic E-state index is 11.5. The Morgan fingerprint density at radius 3 is 2.88 bits per heavy atom. The van der Waals surface area contributed by atoms with Crippen molar-refractivity contribution >= 4 is 28.3 Å². The van der Waals surface area contributed by atoms with Crippen molar-refractivity contribution in [2.75, 3.05) is 31.2 Å². The van der Waals surface area contributed by atoms with Gasteiger partial charge >= 0.3 is 5.97 Å². The number of hydrogen-bond donors (Lipinski definition) is 2. The van der Waals surface area contributed by atoms with Crippen LogP contribution < -0.4 is 10.6 Å². The van der Waals surface area contributed by atoms with Crippen LogP contribution in [0.5, 0.6) is 0 Å². The highest BCUT2D eigenvalue weighted by Gasteiger charge is 2.15. The fourth-order valence-electron chi connectivity index (χ4n) is 2.48. The minimum absolute atomic E-state index is 0. The van der Waals surface area contributed by atoms with Gasteiger partial charge in [0.25, 0.3) is 0 Å². The molecule has 0 atom stereocenters. The zero-order chi connectivity index (χ0) is 17.6. The van der Waals surface area contributed by atoms with E-state index in [-0.39, 0.29) is 26.3 Å². The standard InChI is InChI=1S/C17H20N4O3S.CH4/c18-15(19)9-16(22)24-11-12-2-1-3-13(8-12)14-10-20-17(25-14)21-4-6-23-7-5-21;/h1-3,8,10H,4-7,9,11H2,(H3,18,19);1H4. The summed E-state index contributed by atoms with van der Waals surface area (Å²) in [6, 6.07) is 7.82. The molecule has 7 nitrogen and oxygen atoms in total. The van der Waals surface area contributed by atoms with Crippen LogP contribution in [0.15, 0.2) is 30.5 Å². The van der Waals surface area contributed by atoms with Gasteiger partial charge in [0.1, 0.15) is 18.9 Å². The molecule has 0 radical (unpaired) electrons. The SMILES string of the molecule is C.N=C(N)CC(=O)OCc1cccc(-c2cnc(N3CCOCC3)s2)c1. The Bertz CT molecular complexity index is 756. The van der Waals surface area contributed by atoms with Crippen molar-refractivity contribution in [3.8, 4) is 10.4 Å². The maximum atomic E-state index is 11.5. The summed E-state index contributed by atoms with van der Waals surface area (Å²) in [5, 5.41) is 8.10. The van der Waals surface area contributed by atoms with Gasteiger partial charge in [-0.2, -0.15) is 0 Å². The number of thiazole rings is 1. The largest absolute Gasteiger partial charge is 0.460 e. The molecule has 2 aromatic rings. The van der Waals surface area contributed by atoms with E-state index in [4.69, 9.17) is 20.6 Å². The fourth-order valence-corrected chi connectivity index (χ4v) is 3.45. The molecule has 3 N–H and O–H groups in total. The maximum Gasteiger partial charge on any atom is 0.313 e. The number of morpholine rings is 1. The quantitative estimate of drug-likeness (QED) is 0.457. The second-order valence-electron chi connectivity index (χ2n) is 5.67. The predicted octanol–water partition coefficient (Wildman–Crippen LogP) is 2.65. The second kappa shape index (κ2) is 9.30. The van der Waals surface area contributed by atoms with Crippen LogP contribution in [0, 0.1) is 5.41 Å². The molecule has 140 valence electrons. The molecule has 1 saturated heterocycles. The van der Waals surface area contributed by atoms with E-state index >= 15 is 0 Å². The molecule has 0 aliphatic carbocycles. The second-order valence-corrected chi connectivity index (χ2v) is 6.68. The summed E-state index contributed by atoms with van der Waals surface area (Å²) in [7, 11) is 0. The van der Waals surface area contributed by atoms with Crippen molar-refractivity contribution in [3.63, 3.8) is 0 Å². The van der Waals surface area contributed by atoms with Crippen molar-refractivity contribution in [2.24, 2.45) is 5.73 Å². The van der Waals surface area contributed by atoms with Crippen LogP contribution in [0.4, 0.5) is 5.13 Å². The van der Waals surface area contributed by atoms with Crippen molar-refractivity contribution in [2.45, 2.75) is 20.5 Å². The number of carbonyl (C=O) groups is 1. The van der Waals surface area contributed by atoms with Gasteiger partial charge in [-0.3, -0.25) is 10.2 Å². The first-order valence-corrected chi connectivity index (χ1v) is 8.80. The summed E-state index contributed by atoms with van der Waals surface area (Å²) in [6.07, 6.45) is 1.69. The number of benzene rings is 1. The summed E-state index contributed by atoms with van der Waals surface area (Å²) in [5.41, 5.74) is 7.12. The molecule has 1 aliphatic rings. The molecule has 0 amide bonds. The highest BCUT2D eigenvalue weighted by Crippen LogP contribution is 2.31. The molecule has 0 spiro atoms. The summed E-state index contributed by atoms with van der Waals surface area (Å²) in [6.45, 7) is 3.35. The van der Waals surface area contributed by atoms with Crippen molar-refractivity contribution in [1.82, 2.24) is 4.98 Å². The average molecular weight is 376 g/mol. The van der Waals surface area contributed by atoms with Gasteiger partial charge in [-0.15, -0.1) is 0 Å². The zero-order valence-corrected chi connectivity index (χ0v) is 14.6. The number of hydrogen-bond acceptors (Lipinski definition) is 7. The van der Waals surface area contributed by atoms with E-state index in [0.29, 0.717) is 0 Å². The van der Waals surface area contributed by atoms with Gasteiger partial charge in [0.2, 0.25) is 0 Å². The molecule has 26 heavy (non-hydrogen) atoms. The molecule has 0 unspecified atom stereocenters. The van der Waals surface area contributed by atoms with Crippen LogP contribution in [-0.2, 0) is 20.9 Å². The Labute approximate surface area is 157 Å². The smallest absolute Gasteiger partial charge is 0.313 e. The number of nitrogens with one attached hydrogen (secondary N) is 1. The lowest BCUT2D eigenvalue weighted by molar-refractivity contribution is -0.143. The lowest BCUT2D eigenvalue weighted by Gasteiger charge is -2.25. The number of ether oxygens (including phenoxy) is 2. The van der Waals surface area contributed by atoms with Crippen LogP contribution in [0.3, 0.4) is 0 Å². The zero-order valence-electron chi connectivity index (χ0n) is 13.7. The molecule has 1 aromatic heterocycles. The number of aromatic nitrogens is 1. The molecule has 1 aromatic carbocycles. The molecule has 8 heteroatoms. The number of carbonyl (C=O) groups excluding carboxylic acids is 1. The van der Waals surface area contributed by atoms with E-state index in [1.165, 1.54) is 0 Å². The third kappa shape index (κ3) is 5.27. The molecular weight excluding hydrogens is 352 g/mol. The van der Waals surface area contributed by atoms with Gasteiger partial charge < -0.3 is 20.1 Å². The van der Waals surface area contributed by atoms with Gasteiger partial charge in [0, 0.05) is 19.3 Å². The molecule has 2 heterocycles. The van der Waals surface area contributed by atoms with Crippen molar-refractivity contribution < 1.29 is 14.3 Å². The van der Waals surface area contributed by atoms with E-state index in [1.54, 1.807) is 11.3 Å². The summed E-state index contributed by atoms with van der Waals surface area (Å²) in [4.78, 5) is 19.3. The lowest BCUT2D eigenvalue weighted by atomic mass is 10.1. The monoisotopic (exact) mass is 376 g/mol. The molecule has 0 bridgehead atoms. The van der Waals surface area contributed by atoms with E-state index in [0.717, 1.165) is 47.4 Å². The fraction of sp³-hybridized carbons (Fsp3) is 0.389. The number of rotatable bonds is 6. The minimum atomic E-state index is -0.495. The van der Waals surface area contributed by atoms with Crippen molar-refractivity contribution in [1.29, 1.82) is 5.41 Å². The summed E-state index contributed by atoms with van der Waals surface area (Å²) in [5.74, 6) is -0.690. The van der Waals surface area contributed by atoms with Gasteiger partial charge in [-0.05, 0) is 17.2 Å². The van der Waals surface area contributed by atoms with Gasteiger partial charge in [0.05, 0.1) is 18.1 Å². The summed E-state index contributed by atoms with van der Waals surface area (Å²) >= 11 is 1.64. The van der Waals surface area contributed by atoms with E-state index in [9.17, 15) is 4.79 Å². The molecule has 0 saturated carbocycles. The molecule has 3 rings (SSSR count). The number of esters is 1. The number of nitrogens with two attached hydrogens (primary N) is 1. The van der Waals surface area contributed by atoms with Gasteiger partial charge in [-0.25, -0.2) is 4.98 Å². The molecule has 1 aliphatic heterocycles. The van der Waals surface area contributed by atoms with Gasteiger partial charge in [-0.1, -0.05) is 37.0 Å².